The number of benzene rings is 2. The summed E-state index contributed by atoms with van der Waals surface area (Å²) in [6, 6.07) is 13.7. The van der Waals surface area contributed by atoms with Crippen molar-refractivity contribution in [1.29, 1.82) is 0 Å². The van der Waals surface area contributed by atoms with Crippen LogP contribution >= 0.6 is 11.6 Å². The number of hydrogen-bond acceptors (Lipinski definition) is 3. The quantitative estimate of drug-likeness (QED) is 0.884. The zero-order valence-corrected chi connectivity index (χ0v) is 13.4. The van der Waals surface area contributed by atoms with Crippen LogP contribution in [0.2, 0.25) is 5.02 Å². The molecule has 0 atom stereocenters. The normalized spacial score (nSPS) is 10.2. The first-order chi connectivity index (χ1) is 11.0. The smallest absolute Gasteiger partial charge is 0.258 e. The van der Waals surface area contributed by atoms with Gasteiger partial charge in [0.15, 0.2) is 0 Å². The number of para-hydroxylation sites is 2. The van der Waals surface area contributed by atoms with Gasteiger partial charge >= 0.3 is 0 Å². The molecule has 2 aromatic rings. The largest absolute Gasteiger partial charge is 0.495 e. The van der Waals surface area contributed by atoms with Gasteiger partial charge in [-0.05, 0) is 36.4 Å². The van der Waals surface area contributed by atoms with E-state index in [9.17, 15) is 9.59 Å². The van der Waals surface area contributed by atoms with Gasteiger partial charge in [0.2, 0.25) is 5.91 Å². The first kappa shape index (κ1) is 16.8. The highest BCUT2D eigenvalue weighted by Crippen LogP contribution is 2.29. The molecule has 0 unspecified atom stereocenters. The maximum Gasteiger partial charge on any atom is 0.258 e. The van der Waals surface area contributed by atoms with Crippen molar-refractivity contribution < 1.29 is 14.3 Å². The van der Waals surface area contributed by atoms with E-state index in [-0.39, 0.29) is 18.9 Å². The Morgan fingerprint density at radius 3 is 2.39 bits per heavy atom. The van der Waals surface area contributed by atoms with Crippen LogP contribution in [0.3, 0.4) is 0 Å². The van der Waals surface area contributed by atoms with E-state index in [0.29, 0.717) is 22.0 Å². The van der Waals surface area contributed by atoms with Crippen molar-refractivity contribution in [2.75, 3.05) is 18.6 Å². The lowest BCUT2D eigenvalue weighted by atomic mass is 10.1. The van der Waals surface area contributed by atoms with Crippen molar-refractivity contribution in [3.63, 3.8) is 0 Å². The van der Waals surface area contributed by atoms with E-state index in [1.165, 1.54) is 12.0 Å². The molecule has 0 saturated heterocycles. The molecule has 120 valence electrons. The average molecular weight is 333 g/mol. The number of nitrogens with two attached hydrogens (primary N) is 1. The number of ether oxygens (including phenoxy) is 1. The number of hydrogen-bond donors (Lipinski definition) is 1. The van der Waals surface area contributed by atoms with Crippen molar-refractivity contribution in [2.45, 2.75) is 6.42 Å². The van der Waals surface area contributed by atoms with E-state index in [1.807, 2.05) is 0 Å². The lowest BCUT2D eigenvalue weighted by molar-refractivity contribution is -0.117. The third-order valence-corrected chi connectivity index (χ3v) is 3.55. The second kappa shape index (κ2) is 7.65. The highest BCUT2D eigenvalue weighted by Gasteiger charge is 2.21. The fraction of sp³-hybridized carbons (Fsp3) is 0.176. The fourth-order valence-electron chi connectivity index (χ4n) is 2.15. The SMILES string of the molecule is COc1ccccc1N(CCC(N)=O)C(=O)c1ccc(Cl)cc1. The van der Waals surface area contributed by atoms with Gasteiger partial charge in [-0.25, -0.2) is 0 Å². The van der Waals surface area contributed by atoms with E-state index < -0.39 is 5.91 Å². The Hall–Kier alpha value is -2.53. The number of carbonyl (C=O) groups is 2. The molecule has 2 aromatic carbocycles. The van der Waals surface area contributed by atoms with Gasteiger partial charge < -0.3 is 15.4 Å². The lowest BCUT2D eigenvalue weighted by Gasteiger charge is -2.24. The van der Waals surface area contributed by atoms with Crippen molar-refractivity contribution in [3.8, 4) is 5.75 Å². The van der Waals surface area contributed by atoms with Gasteiger partial charge in [0.25, 0.3) is 5.91 Å². The number of methoxy groups -OCH3 is 1. The maximum atomic E-state index is 12.8. The molecule has 0 heterocycles. The Kier molecular flexibility index (Phi) is 5.60. The van der Waals surface area contributed by atoms with Gasteiger partial charge in [-0.3, -0.25) is 9.59 Å². The summed E-state index contributed by atoms with van der Waals surface area (Å²) in [6.07, 6.45) is 0.0530. The van der Waals surface area contributed by atoms with Crippen molar-refractivity contribution in [2.24, 2.45) is 5.73 Å². The van der Waals surface area contributed by atoms with Crippen LogP contribution in [0.15, 0.2) is 48.5 Å². The van der Waals surface area contributed by atoms with Gasteiger partial charge in [0, 0.05) is 23.6 Å². The van der Waals surface area contributed by atoms with Gasteiger partial charge in [-0.1, -0.05) is 23.7 Å². The van der Waals surface area contributed by atoms with E-state index in [0.717, 1.165) is 0 Å². The summed E-state index contributed by atoms with van der Waals surface area (Å²) in [5.74, 6) is -0.194. The van der Waals surface area contributed by atoms with E-state index in [2.05, 4.69) is 0 Å². The first-order valence-corrected chi connectivity index (χ1v) is 7.39. The number of nitrogens with zero attached hydrogens (tertiary/aromatic N) is 1. The molecule has 0 bridgehead atoms. The van der Waals surface area contributed by atoms with E-state index >= 15 is 0 Å². The lowest BCUT2D eigenvalue weighted by Crippen LogP contribution is -2.34. The second-order valence-corrected chi connectivity index (χ2v) is 5.29. The van der Waals surface area contributed by atoms with Crippen molar-refractivity contribution >= 4 is 29.1 Å². The van der Waals surface area contributed by atoms with Crippen LogP contribution in [0.4, 0.5) is 5.69 Å². The maximum absolute atomic E-state index is 12.8. The third kappa shape index (κ3) is 4.23. The van der Waals surface area contributed by atoms with Crippen LogP contribution in [0, 0.1) is 0 Å². The molecule has 0 aliphatic heterocycles. The van der Waals surface area contributed by atoms with Crippen LogP contribution in [-0.2, 0) is 4.79 Å². The molecule has 0 aliphatic carbocycles. The van der Waals surface area contributed by atoms with Crippen LogP contribution in [0.5, 0.6) is 5.75 Å². The Morgan fingerprint density at radius 1 is 1.13 bits per heavy atom. The molecule has 23 heavy (non-hydrogen) atoms. The Morgan fingerprint density at radius 2 is 1.78 bits per heavy atom. The summed E-state index contributed by atoms with van der Waals surface area (Å²) in [7, 11) is 1.53. The highest BCUT2D eigenvalue weighted by atomic mass is 35.5. The molecule has 2 N–H and O–H groups in total. The van der Waals surface area contributed by atoms with Gasteiger partial charge in [-0.15, -0.1) is 0 Å². The zero-order chi connectivity index (χ0) is 16.8. The molecule has 5 nitrogen and oxygen atoms in total. The van der Waals surface area contributed by atoms with Crippen molar-refractivity contribution in [3.05, 3.63) is 59.1 Å². The second-order valence-electron chi connectivity index (χ2n) is 4.85. The van der Waals surface area contributed by atoms with Crippen LogP contribution in [-0.4, -0.2) is 25.5 Å². The van der Waals surface area contributed by atoms with Crippen molar-refractivity contribution in [1.82, 2.24) is 0 Å². The standard InChI is InChI=1S/C17H17ClN2O3/c1-23-15-5-3-2-4-14(15)20(11-10-16(19)21)17(22)12-6-8-13(18)9-7-12/h2-9H,10-11H2,1H3,(H2,19,21). The molecule has 0 aliphatic rings. The van der Waals surface area contributed by atoms with Crippen LogP contribution in [0.25, 0.3) is 0 Å². The van der Waals surface area contributed by atoms with Gasteiger partial charge in [0.05, 0.1) is 12.8 Å². The molecule has 0 fully saturated rings. The van der Waals surface area contributed by atoms with Gasteiger partial charge in [-0.2, -0.15) is 0 Å². The average Bonchev–Trinajstić information content (AvgIpc) is 2.55. The topological polar surface area (TPSA) is 72.6 Å². The summed E-state index contributed by atoms with van der Waals surface area (Å²) >= 11 is 5.86. The Balaban J connectivity index is 2.38. The number of primary amides is 1. The minimum absolute atomic E-state index is 0.0530. The predicted molar refractivity (Wildman–Crippen MR) is 89.9 cm³/mol. The summed E-state index contributed by atoms with van der Waals surface area (Å²) in [5.41, 5.74) is 6.27. The monoisotopic (exact) mass is 332 g/mol. The number of halogens is 1. The zero-order valence-electron chi connectivity index (χ0n) is 12.7. The summed E-state index contributed by atoms with van der Waals surface area (Å²) in [6.45, 7) is 0.164. The number of rotatable bonds is 6. The first-order valence-electron chi connectivity index (χ1n) is 7.01. The van der Waals surface area contributed by atoms with E-state index in [4.69, 9.17) is 22.1 Å². The minimum atomic E-state index is -0.478. The van der Waals surface area contributed by atoms with Crippen LogP contribution < -0.4 is 15.4 Å². The number of anilines is 1. The third-order valence-electron chi connectivity index (χ3n) is 3.29. The molecule has 6 heteroatoms. The summed E-state index contributed by atoms with van der Waals surface area (Å²) in [5, 5.41) is 0.544. The number of carbonyl (C=O) groups excluding carboxylic acids is 2. The summed E-state index contributed by atoms with van der Waals surface area (Å²) < 4.78 is 5.31. The highest BCUT2D eigenvalue weighted by molar-refractivity contribution is 6.30. The minimum Gasteiger partial charge on any atom is -0.495 e. The van der Waals surface area contributed by atoms with Gasteiger partial charge in [0.1, 0.15) is 5.75 Å². The molecule has 2 amide bonds. The Bertz CT molecular complexity index is 701. The molecule has 0 spiro atoms. The van der Waals surface area contributed by atoms with Crippen LogP contribution in [0.1, 0.15) is 16.8 Å². The molecule has 0 saturated carbocycles. The van der Waals surface area contributed by atoms with E-state index in [1.54, 1.807) is 48.5 Å². The summed E-state index contributed by atoms with van der Waals surface area (Å²) in [4.78, 5) is 25.4. The molecular weight excluding hydrogens is 316 g/mol. The number of amides is 2. The molecule has 0 aromatic heterocycles. The predicted octanol–water partition coefficient (Wildman–Crippen LogP) is 2.87. The molecule has 0 radical (unpaired) electrons. The fourth-order valence-corrected chi connectivity index (χ4v) is 2.28. The Labute approximate surface area is 139 Å². The molecule has 2 rings (SSSR count). The molecular formula is C17H17ClN2O3.